The van der Waals surface area contributed by atoms with Crippen LogP contribution in [0.4, 0.5) is 4.39 Å². The van der Waals surface area contributed by atoms with Crippen LogP contribution in [-0.4, -0.2) is 49.7 Å². The molecular formula is C17H16ClFN2O3S. The third kappa shape index (κ3) is 3.84. The van der Waals surface area contributed by atoms with Gasteiger partial charge < -0.3 is 4.90 Å². The van der Waals surface area contributed by atoms with E-state index in [2.05, 4.69) is 0 Å². The Kier molecular flexibility index (Phi) is 5.08. The molecule has 5 nitrogen and oxygen atoms in total. The van der Waals surface area contributed by atoms with Crippen LogP contribution in [0.15, 0.2) is 53.4 Å². The number of amides is 1. The molecule has 0 atom stereocenters. The summed E-state index contributed by atoms with van der Waals surface area (Å²) in [5, 5.41) is 0.462. The fraction of sp³-hybridized carbons (Fsp3) is 0.235. The molecule has 0 aliphatic carbocycles. The number of rotatable bonds is 3. The van der Waals surface area contributed by atoms with Crippen molar-refractivity contribution in [2.24, 2.45) is 0 Å². The van der Waals surface area contributed by atoms with Crippen LogP contribution in [0.1, 0.15) is 10.4 Å². The number of hydrogen-bond donors (Lipinski definition) is 0. The average molecular weight is 383 g/mol. The maximum atomic E-state index is 13.3. The van der Waals surface area contributed by atoms with Crippen LogP contribution in [0.2, 0.25) is 5.02 Å². The van der Waals surface area contributed by atoms with E-state index < -0.39 is 15.8 Å². The highest BCUT2D eigenvalue weighted by molar-refractivity contribution is 7.89. The number of halogens is 2. The van der Waals surface area contributed by atoms with E-state index in [1.165, 1.54) is 51.7 Å². The van der Waals surface area contributed by atoms with E-state index in [9.17, 15) is 17.6 Å². The number of carbonyl (C=O) groups is 1. The van der Waals surface area contributed by atoms with Crippen molar-refractivity contribution in [2.45, 2.75) is 4.90 Å². The molecule has 0 aromatic heterocycles. The van der Waals surface area contributed by atoms with Gasteiger partial charge in [0.1, 0.15) is 5.82 Å². The Bertz CT molecular complexity index is 879. The molecular weight excluding hydrogens is 367 g/mol. The van der Waals surface area contributed by atoms with E-state index in [0.29, 0.717) is 5.02 Å². The summed E-state index contributed by atoms with van der Waals surface area (Å²) < 4.78 is 39.8. The van der Waals surface area contributed by atoms with Gasteiger partial charge in [-0.3, -0.25) is 4.79 Å². The fourth-order valence-electron chi connectivity index (χ4n) is 2.69. The normalized spacial score (nSPS) is 16.0. The highest BCUT2D eigenvalue weighted by atomic mass is 35.5. The second-order valence-electron chi connectivity index (χ2n) is 5.66. The Morgan fingerprint density at radius 1 is 1.00 bits per heavy atom. The molecule has 0 radical (unpaired) electrons. The van der Waals surface area contributed by atoms with Crippen molar-refractivity contribution in [3.63, 3.8) is 0 Å². The number of piperazine rings is 1. The van der Waals surface area contributed by atoms with Gasteiger partial charge in [-0.1, -0.05) is 17.7 Å². The summed E-state index contributed by atoms with van der Waals surface area (Å²) >= 11 is 5.79. The first-order chi connectivity index (χ1) is 11.9. The third-order valence-electron chi connectivity index (χ3n) is 4.05. The molecule has 1 saturated heterocycles. The zero-order chi connectivity index (χ0) is 18.0. The molecule has 132 valence electrons. The smallest absolute Gasteiger partial charge is 0.254 e. The number of sulfonamides is 1. The van der Waals surface area contributed by atoms with Crippen LogP contribution in [0.25, 0.3) is 0 Å². The monoisotopic (exact) mass is 382 g/mol. The van der Waals surface area contributed by atoms with E-state index >= 15 is 0 Å². The van der Waals surface area contributed by atoms with Gasteiger partial charge in [0.25, 0.3) is 5.91 Å². The van der Waals surface area contributed by atoms with Crippen molar-refractivity contribution < 1.29 is 17.6 Å². The molecule has 0 spiro atoms. The molecule has 1 fully saturated rings. The second kappa shape index (κ2) is 7.11. The highest BCUT2D eigenvalue weighted by Crippen LogP contribution is 2.20. The lowest BCUT2D eigenvalue weighted by Gasteiger charge is -2.34. The van der Waals surface area contributed by atoms with Crippen LogP contribution in [0.5, 0.6) is 0 Å². The minimum Gasteiger partial charge on any atom is -0.336 e. The molecule has 1 aliphatic rings. The summed E-state index contributed by atoms with van der Waals surface area (Å²) in [4.78, 5) is 14.1. The fourth-order valence-corrected chi connectivity index (χ4v) is 4.24. The second-order valence-corrected chi connectivity index (χ2v) is 8.03. The molecule has 2 aromatic rings. The maximum Gasteiger partial charge on any atom is 0.254 e. The van der Waals surface area contributed by atoms with Gasteiger partial charge in [-0.25, -0.2) is 12.8 Å². The van der Waals surface area contributed by atoms with Crippen LogP contribution in [-0.2, 0) is 10.0 Å². The Balaban J connectivity index is 1.69. The minimum absolute atomic E-state index is 0.168. The van der Waals surface area contributed by atoms with Gasteiger partial charge in [-0.2, -0.15) is 4.31 Å². The standard InChI is InChI=1S/C17H16ClFN2O3S/c18-14-4-6-16(7-5-14)25(23,24)21-10-8-20(9-11-21)17(22)13-2-1-3-15(19)12-13/h1-7,12H,8-11H2. The van der Waals surface area contributed by atoms with Gasteiger partial charge in [0.05, 0.1) is 4.90 Å². The Morgan fingerprint density at radius 2 is 1.64 bits per heavy atom. The van der Waals surface area contributed by atoms with Crippen molar-refractivity contribution in [2.75, 3.05) is 26.2 Å². The van der Waals surface area contributed by atoms with Crippen LogP contribution in [0.3, 0.4) is 0 Å². The van der Waals surface area contributed by atoms with Gasteiger partial charge in [0.15, 0.2) is 0 Å². The lowest BCUT2D eigenvalue weighted by Crippen LogP contribution is -2.50. The molecule has 1 amide bonds. The molecule has 1 aliphatic heterocycles. The summed E-state index contributed by atoms with van der Waals surface area (Å²) in [5.41, 5.74) is 0.258. The zero-order valence-corrected chi connectivity index (χ0v) is 14.8. The summed E-state index contributed by atoms with van der Waals surface area (Å²) in [6.45, 7) is 0.877. The van der Waals surface area contributed by atoms with E-state index in [1.807, 2.05) is 0 Å². The summed E-state index contributed by atoms with van der Waals surface area (Å²) in [6.07, 6.45) is 0. The van der Waals surface area contributed by atoms with Gasteiger partial charge in [-0.05, 0) is 42.5 Å². The topological polar surface area (TPSA) is 57.7 Å². The molecule has 3 rings (SSSR count). The quantitative estimate of drug-likeness (QED) is 0.820. The predicted octanol–water partition coefficient (Wildman–Crippen LogP) is 2.63. The van der Waals surface area contributed by atoms with Gasteiger partial charge in [0.2, 0.25) is 10.0 Å². The van der Waals surface area contributed by atoms with Gasteiger partial charge in [-0.15, -0.1) is 0 Å². The van der Waals surface area contributed by atoms with Gasteiger partial charge in [0, 0.05) is 36.8 Å². The van der Waals surface area contributed by atoms with Crippen molar-refractivity contribution in [1.82, 2.24) is 9.21 Å². The van der Waals surface area contributed by atoms with Crippen molar-refractivity contribution in [3.05, 3.63) is 64.9 Å². The number of carbonyl (C=O) groups excluding carboxylic acids is 1. The van der Waals surface area contributed by atoms with E-state index in [1.54, 1.807) is 6.07 Å². The largest absolute Gasteiger partial charge is 0.336 e. The summed E-state index contributed by atoms with van der Waals surface area (Å²) in [5.74, 6) is -0.780. The molecule has 0 saturated carbocycles. The Labute approximate surface area is 150 Å². The third-order valence-corrected chi connectivity index (χ3v) is 6.21. The number of nitrogens with zero attached hydrogens (tertiary/aromatic N) is 2. The first-order valence-corrected chi connectivity index (χ1v) is 9.50. The molecule has 2 aromatic carbocycles. The van der Waals surface area contributed by atoms with Crippen LogP contribution < -0.4 is 0 Å². The lowest BCUT2D eigenvalue weighted by molar-refractivity contribution is 0.0697. The Morgan fingerprint density at radius 3 is 2.24 bits per heavy atom. The lowest BCUT2D eigenvalue weighted by atomic mass is 10.2. The zero-order valence-electron chi connectivity index (χ0n) is 13.2. The first-order valence-electron chi connectivity index (χ1n) is 7.68. The molecule has 8 heteroatoms. The van der Waals surface area contributed by atoms with Gasteiger partial charge >= 0.3 is 0 Å². The Hall–Kier alpha value is -1.96. The van der Waals surface area contributed by atoms with Crippen LogP contribution in [0, 0.1) is 5.82 Å². The van der Waals surface area contributed by atoms with E-state index in [4.69, 9.17) is 11.6 Å². The van der Waals surface area contributed by atoms with E-state index in [-0.39, 0.29) is 42.5 Å². The molecule has 25 heavy (non-hydrogen) atoms. The van der Waals surface area contributed by atoms with Crippen LogP contribution >= 0.6 is 11.6 Å². The number of hydrogen-bond acceptors (Lipinski definition) is 3. The average Bonchev–Trinajstić information content (AvgIpc) is 2.61. The first kappa shape index (κ1) is 17.8. The molecule has 1 heterocycles. The summed E-state index contributed by atoms with van der Waals surface area (Å²) in [7, 11) is -3.62. The molecule has 0 unspecified atom stereocenters. The molecule has 0 N–H and O–H groups in total. The SMILES string of the molecule is O=C(c1cccc(F)c1)N1CCN(S(=O)(=O)c2ccc(Cl)cc2)CC1. The summed E-state index contributed by atoms with van der Waals surface area (Å²) in [6, 6.07) is 11.4. The predicted molar refractivity (Wildman–Crippen MR) is 92.5 cm³/mol. The minimum atomic E-state index is -3.62. The number of benzene rings is 2. The molecule has 0 bridgehead atoms. The van der Waals surface area contributed by atoms with Crippen molar-refractivity contribution in [1.29, 1.82) is 0 Å². The van der Waals surface area contributed by atoms with Crippen molar-refractivity contribution >= 4 is 27.5 Å². The van der Waals surface area contributed by atoms with Crippen molar-refractivity contribution in [3.8, 4) is 0 Å². The van der Waals surface area contributed by atoms with E-state index in [0.717, 1.165) is 0 Å². The highest BCUT2D eigenvalue weighted by Gasteiger charge is 2.30. The maximum absolute atomic E-state index is 13.3.